The van der Waals surface area contributed by atoms with Crippen LogP contribution in [0.2, 0.25) is 0 Å². The van der Waals surface area contributed by atoms with Crippen molar-refractivity contribution in [2.24, 2.45) is 0 Å². The number of nitrogens with one attached hydrogen (secondary N) is 1. The second-order valence-electron chi connectivity index (χ2n) is 5.43. The summed E-state index contributed by atoms with van der Waals surface area (Å²) in [6.45, 7) is 4.79. The first-order valence-corrected chi connectivity index (χ1v) is 9.04. The molecule has 0 radical (unpaired) electrons. The van der Waals surface area contributed by atoms with Gasteiger partial charge in [0.15, 0.2) is 0 Å². The summed E-state index contributed by atoms with van der Waals surface area (Å²) in [4.78, 5) is 12.3. The van der Waals surface area contributed by atoms with E-state index in [0.29, 0.717) is 25.2 Å². The monoisotopic (exact) mass is 331 g/mol. The van der Waals surface area contributed by atoms with Gasteiger partial charge in [0.1, 0.15) is 0 Å². The third-order valence-corrected chi connectivity index (χ3v) is 5.01. The normalized spacial score (nSPS) is 22.2. The Morgan fingerprint density at radius 3 is 2.71 bits per heavy atom. The first-order valence-electron chi connectivity index (χ1n) is 6.73. The van der Waals surface area contributed by atoms with Crippen LogP contribution < -0.4 is 5.32 Å². The van der Waals surface area contributed by atoms with Crippen LogP contribution in [0, 0.1) is 0 Å². The lowest BCUT2D eigenvalue weighted by Crippen LogP contribution is -2.46. The van der Waals surface area contributed by atoms with Gasteiger partial charge in [-0.25, -0.2) is 8.42 Å². The zero-order valence-corrected chi connectivity index (χ0v) is 13.6. The number of rotatable bonds is 4. The van der Waals surface area contributed by atoms with E-state index >= 15 is 0 Å². The fraction of sp³-hybridized carbons (Fsp3) is 0.500. The molecule has 21 heavy (non-hydrogen) atoms. The Kier molecular flexibility index (Phi) is 4.60. The Morgan fingerprint density at radius 2 is 2.19 bits per heavy atom. The molecule has 1 aromatic carbocycles. The standard InChI is InChI=1S/C14H18ClNO4S/c1-3-10-4-5-11(8-12(10)21(15,18)19)13(17)16-14(2)6-7-20-9-14/h4-5,8H,3,6-7,9H2,1-2H3,(H,16,17). The first kappa shape index (κ1) is 16.3. The van der Waals surface area contributed by atoms with Gasteiger partial charge in [0, 0.05) is 22.9 Å². The van der Waals surface area contributed by atoms with Crippen molar-refractivity contribution in [3.63, 3.8) is 0 Å². The number of carbonyl (C=O) groups excluding carboxylic acids is 1. The van der Waals surface area contributed by atoms with Gasteiger partial charge in [-0.15, -0.1) is 0 Å². The molecule has 1 heterocycles. The third kappa shape index (κ3) is 3.75. The predicted molar refractivity (Wildman–Crippen MR) is 80.2 cm³/mol. The molecule has 0 aromatic heterocycles. The van der Waals surface area contributed by atoms with E-state index in [-0.39, 0.29) is 16.4 Å². The molecular weight excluding hydrogens is 314 g/mol. The average molecular weight is 332 g/mol. The SMILES string of the molecule is CCc1ccc(C(=O)NC2(C)CCOC2)cc1S(=O)(=O)Cl. The van der Waals surface area contributed by atoms with Crippen molar-refractivity contribution in [1.29, 1.82) is 0 Å². The molecule has 0 saturated carbocycles. The molecule has 0 aliphatic carbocycles. The van der Waals surface area contributed by atoms with Crippen molar-refractivity contribution in [1.82, 2.24) is 5.32 Å². The molecule has 0 bridgehead atoms. The molecule has 1 saturated heterocycles. The molecular formula is C14H18ClNO4S. The summed E-state index contributed by atoms with van der Waals surface area (Å²) in [7, 11) is 1.56. The number of hydrogen-bond acceptors (Lipinski definition) is 4. The van der Waals surface area contributed by atoms with Crippen molar-refractivity contribution in [2.75, 3.05) is 13.2 Å². The van der Waals surface area contributed by atoms with Crippen LogP contribution in [0.4, 0.5) is 0 Å². The molecule has 1 aromatic rings. The quantitative estimate of drug-likeness (QED) is 0.857. The van der Waals surface area contributed by atoms with Crippen LogP contribution in [-0.4, -0.2) is 33.1 Å². The van der Waals surface area contributed by atoms with Crippen molar-refractivity contribution in [3.05, 3.63) is 29.3 Å². The van der Waals surface area contributed by atoms with E-state index in [9.17, 15) is 13.2 Å². The average Bonchev–Trinajstić information content (AvgIpc) is 2.83. The number of ether oxygens (including phenoxy) is 1. The van der Waals surface area contributed by atoms with Crippen molar-refractivity contribution in [2.45, 2.75) is 37.1 Å². The van der Waals surface area contributed by atoms with Crippen molar-refractivity contribution < 1.29 is 17.9 Å². The molecule has 116 valence electrons. The number of amides is 1. The second-order valence-corrected chi connectivity index (χ2v) is 7.97. The highest BCUT2D eigenvalue weighted by Crippen LogP contribution is 2.23. The van der Waals surface area contributed by atoms with Crippen molar-refractivity contribution >= 4 is 25.6 Å². The van der Waals surface area contributed by atoms with Crippen LogP contribution in [0.1, 0.15) is 36.2 Å². The summed E-state index contributed by atoms with van der Waals surface area (Å²) in [5.41, 5.74) is 0.456. The molecule has 1 N–H and O–H groups in total. The van der Waals surface area contributed by atoms with Crippen LogP contribution in [0.25, 0.3) is 0 Å². The molecule has 7 heteroatoms. The maximum atomic E-state index is 12.3. The van der Waals surface area contributed by atoms with Crippen LogP contribution >= 0.6 is 10.7 Å². The zero-order chi connectivity index (χ0) is 15.7. The third-order valence-electron chi connectivity index (χ3n) is 3.61. The lowest BCUT2D eigenvalue weighted by molar-refractivity contribution is 0.0889. The van der Waals surface area contributed by atoms with Gasteiger partial charge < -0.3 is 10.1 Å². The van der Waals surface area contributed by atoms with Gasteiger partial charge in [0.25, 0.3) is 15.0 Å². The Bertz CT molecular complexity index is 651. The maximum Gasteiger partial charge on any atom is 0.261 e. The second kappa shape index (κ2) is 5.94. The number of aryl methyl sites for hydroxylation is 1. The summed E-state index contributed by atoms with van der Waals surface area (Å²) in [5.74, 6) is -0.327. The van der Waals surface area contributed by atoms with Gasteiger partial charge in [-0.3, -0.25) is 4.79 Å². The van der Waals surface area contributed by atoms with Crippen molar-refractivity contribution in [3.8, 4) is 0 Å². The number of halogens is 1. The first-order chi connectivity index (χ1) is 9.75. The lowest BCUT2D eigenvalue weighted by atomic mass is 10.0. The topological polar surface area (TPSA) is 72.5 Å². The predicted octanol–water partition coefficient (Wildman–Crippen LogP) is 2.09. The highest BCUT2D eigenvalue weighted by Gasteiger charge is 2.31. The molecule has 1 aliphatic rings. The summed E-state index contributed by atoms with van der Waals surface area (Å²) in [6.07, 6.45) is 1.25. The molecule has 2 rings (SSSR count). The molecule has 1 aliphatic heterocycles. The largest absolute Gasteiger partial charge is 0.379 e. The van der Waals surface area contributed by atoms with E-state index in [2.05, 4.69) is 5.32 Å². The summed E-state index contributed by atoms with van der Waals surface area (Å²) < 4.78 is 28.5. The van der Waals surface area contributed by atoms with E-state index in [1.807, 2.05) is 13.8 Å². The smallest absolute Gasteiger partial charge is 0.261 e. The molecule has 0 spiro atoms. The summed E-state index contributed by atoms with van der Waals surface area (Å²) in [5, 5.41) is 2.89. The Morgan fingerprint density at radius 1 is 1.48 bits per heavy atom. The van der Waals surface area contributed by atoms with Gasteiger partial charge in [-0.1, -0.05) is 13.0 Å². The molecule has 1 atom stereocenters. The van der Waals surface area contributed by atoms with E-state index in [1.165, 1.54) is 6.07 Å². The van der Waals surface area contributed by atoms with Crippen LogP contribution in [0.5, 0.6) is 0 Å². The number of hydrogen-bond donors (Lipinski definition) is 1. The number of benzene rings is 1. The van der Waals surface area contributed by atoms with E-state index in [0.717, 1.165) is 6.42 Å². The molecule has 1 amide bonds. The molecule has 1 unspecified atom stereocenters. The lowest BCUT2D eigenvalue weighted by Gasteiger charge is -2.23. The minimum atomic E-state index is -3.88. The maximum absolute atomic E-state index is 12.3. The fourth-order valence-electron chi connectivity index (χ4n) is 2.33. The molecule has 1 fully saturated rings. The van der Waals surface area contributed by atoms with Crippen LogP contribution in [-0.2, 0) is 20.2 Å². The van der Waals surface area contributed by atoms with Gasteiger partial charge in [0.2, 0.25) is 0 Å². The fourth-order valence-corrected chi connectivity index (χ4v) is 3.55. The Balaban J connectivity index is 2.30. The van der Waals surface area contributed by atoms with Gasteiger partial charge in [-0.2, -0.15) is 0 Å². The summed E-state index contributed by atoms with van der Waals surface area (Å²) in [6, 6.07) is 4.56. The van der Waals surface area contributed by atoms with Crippen LogP contribution in [0.15, 0.2) is 23.1 Å². The molecule has 5 nitrogen and oxygen atoms in total. The Labute approximate surface area is 129 Å². The minimum Gasteiger partial charge on any atom is -0.379 e. The highest BCUT2D eigenvalue weighted by atomic mass is 35.7. The highest BCUT2D eigenvalue weighted by molar-refractivity contribution is 8.13. The Hall–Kier alpha value is -1.11. The van der Waals surface area contributed by atoms with E-state index in [4.69, 9.17) is 15.4 Å². The summed E-state index contributed by atoms with van der Waals surface area (Å²) >= 11 is 0. The van der Waals surface area contributed by atoms with E-state index < -0.39 is 14.6 Å². The van der Waals surface area contributed by atoms with Crippen LogP contribution in [0.3, 0.4) is 0 Å². The minimum absolute atomic E-state index is 0.00728. The van der Waals surface area contributed by atoms with Gasteiger partial charge >= 0.3 is 0 Å². The number of carbonyl (C=O) groups is 1. The van der Waals surface area contributed by atoms with Gasteiger partial charge in [-0.05, 0) is 37.5 Å². The van der Waals surface area contributed by atoms with E-state index in [1.54, 1.807) is 12.1 Å². The van der Waals surface area contributed by atoms with Gasteiger partial charge in [0.05, 0.1) is 17.0 Å². The zero-order valence-electron chi connectivity index (χ0n) is 12.0.